The maximum absolute atomic E-state index is 11.2. The average Bonchev–Trinajstić information content (AvgIpc) is 2.26. The van der Waals surface area contributed by atoms with Crippen LogP contribution in [-0.4, -0.2) is 25.2 Å². The molecule has 1 rings (SSSR count). The second kappa shape index (κ2) is 4.79. The number of aromatic nitrogens is 1. The number of carbonyl (C=O) groups is 1. The van der Waals surface area contributed by atoms with Gasteiger partial charge in [0.05, 0.1) is 25.4 Å². The minimum absolute atomic E-state index is 0.179. The van der Waals surface area contributed by atoms with Crippen LogP contribution < -0.4 is 4.74 Å². The van der Waals surface area contributed by atoms with Crippen LogP contribution in [0.2, 0.25) is 5.15 Å². The van der Waals surface area contributed by atoms with Gasteiger partial charge in [0.25, 0.3) is 0 Å². The Morgan fingerprint density at radius 3 is 2.67 bits per heavy atom. The second-order valence-corrected chi connectivity index (χ2v) is 3.05. The first-order chi connectivity index (χ1) is 7.10. The molecule has 4 nitrogen and oxygen atoms in total. The monoisotopic (exact) mass is 227 g/mol. The first kappa shape index (κ1) is 11.5. The van der Waals surface area contributed by atoms with Crippen molar-refractivity contribution < 1.29 is 14.3 Å². The molecule has 0 bridgehead atoms. The lowest BCUT2D eigenvalue weighted by Crippen LogP contribution is -2.05. The van der Waals surface area contributed by atoms with E-state index in [1.165, 1.54) is 14.2 Å². The highest BCUT2D eigenvalue weighted by Gasteiger charge is 2.15. The molecular formula is C10H10ClNO3. The summed E-state index contributed by atoms with van der Waals surface area (Å²) >= 11 is 5.68. The SMILES string of the molecule is C=C(C(=O)OC)c1ccc(Cl)nc1OC. The van der Waals surface area contributed by atoms with Crippen molar-refractivity contribution in [3.8, 4) is 5.88 Å². The second-order valence-electron chi connectivity index (χ2n) is 2.66. The van der Waals surface area contributed by atoms with Crippen LogP contribution in [0, 0.1) is 0 Å². The molecule has 0 aliphatic heterocycles. The third-order valence-electron chi connectivity index (χ3n) is 1.78. The Labute approximate surface area is 92.5 Å². The fourth-order valence-corrected chi connectivity index (χ4v) is 1.18. The smallest absolute Gasteiger partial charge is 0.338 e. The Morgan fingerprint density at radius 1 is 1.47 bits per heavy atom. The molecule has 5 heteroatoms. The van der Waals surface area contributed by atoms with Gasteiger partial charge < -0.3 is 9.47 Å². The van der Waals surface area contributed by atoms with E-state index in [2.05, 4.69) is 16.3 Å². The predicted octanol–water partition coefficient (Wildman–Crippen LogP) is 1.93. The number of pyridine rings is 1. The highest BCUT2D eigenvalue weighted by atomic mass is 35.5. The number of rotatable bonds is 3. The molecule has 0 aliphatic carbocycles. The van der Waals surface area contributed by atoms with Gasteiger partial charge in [0.15, 0.2) is 0 Å². The average molecular weight is 228 g/mol. The highest BCUT2D eigenvalue weighted by Crippen LogP contribution is 2.25. The number of ether oxygens (including phenoxy) is 2. The van der Waals surface area contributed by atoms with E-state index in [4.69, 9.17) is 16.3 Å². The van der Waals surface area contributed by atoms with E-state index in [0.29, 0.717) is 5.56 Å². The number of esters is 1. The largest absolute Gasteiger partial charge is 0.481 e. The summed E-state index contributed by atoms with van der Waals surface area (Å²) in [5.41, 5.74) is 0.646. The molecule has 0 aliphatic rings. The van der Waals surface area contributed by atoms with E-state index < -0.39 is 5.97 Å². The van der Waals surface area contributed by atoms with Crippen molar-refractivity contribution in [3.05, 3.63) is 29.4 Å². The van der Waals surface area contributed by atoms with Crippen molar-refractivity contribution in [3.63, 3.8) is 0 Å². The van der Waals surface area contributed by atoms with E-state index in [1.54, 1.807) is 12.1 Å². The van der Waals surface area contributed by atoms with Crippen LogP contribution in [0.3, 0.4) is 0 Å². The quantitative estimate of drug-likeness (QED) is 0.450. The maximum Gasteiger partial charge on any atom is 0.338 e. The van der Waals surface area contributed by atoms with Crippen LogP contribution in [0.1, 0.15) is 5.56 Å². The van der Waals surface area contributed by atoms with Crippen LogP contribution in [0.25, 0.3) is 5.57 Å². The number of nitrogens with zero attached hydrogens (tertiary/aromatic N) is 1. The summed E-state index contributed by atoms with van der Waals surface area (Å²) in [6.45, 7) is 3.60. The molecule has 0 aromatic carbocycles. The minimum atomic E-state index is -0.530. The molecule has 0 N–H and O–H groups in total. The zero-order valence-electron chi connectivity index (χ0n) is 8.41. The Bertz CT molecular complexity index is 404. The molecule has 0 amide bonds. The first-order valence-corrected chi connectivity index (χ1v) is 4.46. The van der Waals surface area contributed by atoms with Crippen molar-refractivity contribution >= 4 is 23.1 Å². The Hall–Kier alpha value is -1.55. The van der Waals surface area contributed by atoms with Crippen LogP contribution in [0.15, 0.2) is 18.7 Å². The van der Waals surface area contributed by atoms with E-state index in [0.717, 1.165) is 0 Å². The molecule has 1 aromatic heterocycles. The fourth-order valence-electron chi connectivity index (χ4n) is 1.04. The van der Waals surface area contributed by atoms with Crippen molar-refractivity contribution in [2.24, 2.45) is 0 Å². The summed E-state index contributed by atoms with van der Waals surface area (Å²) in [6.07, 6.45) is 0. The van der Waals surface area contributed by atoms with Gasteiger partial charge in [0.1, 0.15) is 5.15 Å². The van der Waals surface area contributed by atoms with Gasteiger partial charge in [0.2, 0.25) is 5.88 Å². The zero-order valence-corrected chi connectivity index (χ0v) is 9.17. The lowest BCUT2D eigenvalue weighted by Gasteiger charge is -2.08. The van der Waals surface area contributed by atoms with Crippen LogP contribution in [-0.2, 0) is 9.53 Å². The van der Waals surface area contributed by atoms with Crippen molar-refractivity contribution in [2.75, 3.05) is 14.2 Å². The molecule has 0 saturated carbocycles. The molecule has 0 fully saturated rings. The standard InChI is InChI=1S/C10H10ClNO3/c1-6(10(13)15-3)7-4-5-8(11)12-9(7)14-2/h4-5H,1H2,2-3H3. The number of hydrogen-bond acceptors (Lipinski definition) is 4. The molecule has 0 spiro atoms. The highest BCUT2D eigenvalue weighted by molar-refractivity contribution is 6.29. The molecule has 0 radical (unpaired) electrons. The van der Waals surface area contributed by atoms with Crippen LogP contribution in [0.5, 0.6) is 5.88 Å². The molecule has 80 valence electrons. The molecule has 0 unspecified atom stereocenters. The summed E-state index contributed by atoms with van der Waals surface area (Å²) in [4.78, 5) is 15.1. The Kier molecular flexibility index (Phi) is 3.68. The molecule has 1 aromatic rings. The lowest BCUT2D eigenvalue weighted by atomic mass is 10.1. The fraction of sp³-hybridized carbons (Fsp3) is 0.200. The van der Waals surface area contributed by atoms with Gasteiger partial charge in [-0.05, 0) is 12.1 Å². The maximum atomic E-state index is 11.2. The molecule has 0 saturated heterocycles. The summed E-state index contributed by atoms with van der Waals surface area (Å²) in [5, 5.41) is 0.285. The molecule has 1 heterocycles. The topological polar surface area (TPSA) is 48.4 Å². The van der Waals surface area contributed by atoms with Crippen molar-refractivity contribution in [2.45, 2.75) is 0 Å². The minimum Gasteiger partial charge on any atom is -0.481 e. The van der Waals surface area contributed by atoms with E-state index in [9.17, 15) is 4.79 Å². The summed E-state index contributed by atoms with van der Waals surface area (Å²) < 4.78 is 9.52. The number of hydrogen-bond donors (Lipinski definition) is 0. The number of methoxy groups -OCH3 is 2. The lowest BCUT2D eigenvalue weighted by molar-refractivity contribution is -0.133. The summed E-state index contributed by atoms with van der Waals surface area (Å²) in [5.74, 6) is -0.282. The summed E-state index contributed by atoms with van der Waals surface area (Å²) in [6, 6.07) is 3.15. The van der Waals surface area contributed by atoms with Gasteiger partial charge in [-0.2, -0.15) is 0 Å². The van der Waals surface area contributed by atoms with E-state index in [-0.39, 0.29) is 16.6 Å². The van der Waals surface area contributed by atoms with Gasteiger partial charge in [-0.25, -0.2) is 9.78 Å². The van der Waals surface area contributed by atoms with Gasteiger partial charge >= 0.3 is 5.97 Å². The van der Waals surface area contributed by atoms with E-state index in [1.807, 2.05) is 0 Å². The first-order valence-electron chi connectivity index (χ1n) is 4.08. The molecule has 0 atom stereocenters. The Morgan fingerprint density at radius 2 is 2.13 bits per heavy atom. The van der Waals surface area contributed by atoms with Crippen LogP contribution >= 0.6 is 11.6 Å². The molecule has 15 heavy (non-hydrogen) atoms. The third kappa shape index (κ3) is 2.47. The zero-order chi connectivity index (χ0) is 11.4. The normalized spacial score (nSPS) is 9.53. The van der Waals surface area contributed by atoms with Crippen molar-refractivity contribution in [1.82, 2.24) is 4.98 Å². The number of carbonyl (C=O) groups excluding carboxylic acids is 1. The van der Waals surface area contributed by atoms with Gasteiger partial charge in [0, 0.05) is 0 Å². The van der Waals surface area contributed by atoms with E-state index >= 15 is 0 Å². The van der Waals surface area contributed by atoms with Crippen molar-refractivity contribution in [1.29, 1.82) is 0 Å². The Balaban J connectivity index is 3.14. The van der Waals surface area contributed by atoms with Gasteiger partial charge in [-0.1, -0.05) is 18.2 Å². The summed E-state index contributed by atoms with van der Waals surface area (Å²) in [7, 11) is 2.72. The van der Waals surface area contributed by atoms with Crippen LogP contribution in [0.4, 0.5) is 0 Å². The predicted molar refractivity (Wildman–Crippen MR) is 56.8 cm³/mol. The molecular weight excluding hydrogens is 218 g/mol. The number of halogens is 1. The van der Waals surface area contributed by atoms with Gasteiger partial charge in [-0.3, -0.25) is 0 Å². The van der Waals surface area contributed by atoms with Gasteiger partial charge in [-0.15, -0.1) is 0 Å². The third-order valence-corrected chi connectivity index (χ3v) is 1.99.